The van der Waals surface area contributed by atoms with Crippen LogP contribution in [0.5, 0.6) is 0 Å². The first-order chi connectivity index (χ1) is 13.4. The highest BCUT2D eigenvalue weighted by Crippen LogP contribution is 2.36. The van der Waals surface area contributed by atoms with Gasteiger partial charge in [-0.05, 0) is 59.9 Å². The molecule has 0 aromatic heterocycles. The molecule has 3 amide bonds. The minimum absolute atomic E-state index is 0.179. The Kier molecular flexibility index (Phi) is 6.93. The van der Waals surface area contributed by atoms with Crippen LogP contribution in [-0.2, 0) is 14.3 Å². The summed E-state index contributed by atoms with van der Waals surface area (Å²) in [5.74, 6) is -0.488. The third-order valence-corrected chi connectivity index (χ3v) is 4.44. The summed E-state index contributed by atoms with van der Waals surface area (Å²) in [5.41, 5.74) is -0.0717. The fourth-order valence-electron chi connectivity index (χ4n) is 3.42. The van der Waals surface area contributed by atoms with E-state index in [0.717, 1.165) is 5.56 Å². The lowest BCUT2D eigenvalue weighted by Crippen LogP contribution is -2.53. The van der Waals surface area contributed by atoms with Crippen LogP contribution in [0.4, 0.5) is 4.79 Å². The van der Waals surface area contributed by atoms with E-state index in [2.05, 4.69) is 10.6 Å². The van der Waals surface area contributed by atoms with Gasteiger partial charge in [0.15, 0.2) is 0 Å². The van der Waals surface area contributed by atoms with E-state index in [9.17, 15) is 14.4 Å². The number of rotatable bonds is 4. The maximum Gasteiger partial charge on any atom is 0.408 e. The molecule has 1 aromatic carbocycles. The fourth-order valence-corrected chi connectivity index (χ4v) is 3.42. The van der Waals surface area contributed by atoms with Gasteiger partial charge in [0.05, 0.1) is 6.04 Å². The van der Waals surface area contributed by atoms with Crippen molar-refractivity contribution in [2.24, 2.45) is 0 Å². The third-order valence-electron chi connectivity index (χ3n) is 4.44. The second kappa shape index (κ2) is 8.84. The SMILES string of the molecule is CC(C)(C)NC(=O)[C@@H]1CCC(c2ccccc2)N1C(=O)CNC(=O)OC(C)(C)C. The van der Waals surface area contributed by atoms with Gasteiger partial charge in [0.2, 0.25) is 11.8 Å². The molecule has 2 atom stereocenters. The molecule has 160 valence electrons. The lowest BCUT2D eigenvalue weighted by atomic mass is 10.0. The molecule has 0 saturated carbocycles. The first kappa shape index (κ1) is 22.7. The molecular formula is C22H33N3O4. The molecule has 1 saturated heterocycles. The van der Waals surface area contributed by atoms with E-state index in [4.69, 9.17) is 4.74 Å². The molecule has 1 aliphatic rings. The molecule has 1 unspecified atom stereocenters. The second-order valence-electron chi connectivity index (χ2n) is 9.42. The van der Waals surface area contributed by atoms with E-state index in [1.54, 1.807) is 25.7 Å². The van der Waals surface area contributed by atoms with E-state index in [0.29, 0.717) is 12.8 Å². The van der Waals surface area contributed by atoms with Gasteiger partial charge < -0.3 is 20.3 Å². The first-order valence-electron chi connectivity index (χ1n) is 10.0. The molecule has 0 aliphatic carbocycles. The van der Waals surface area contributed by atoms with Crippen molar-refractivity contribution >= 4 is 17.9 Å². The van der Waals surface area contributed by atoms with Crippen LogP contribution in [0.25, 0.3) is 0 Å². The summed E-state index contributed by atoms with van der Waals surface area (Å²) in [6.07, 6.45) is 0.598. The molecule has 1 aliphatic heterocycles. The third kappa shape index (κ3) is 6.76. The summed E-state index contributed by atoms with van der Waals surface area (Å²) in [6.45, 7) is 10.8. The average Bonchev–Trinajstić information content (AvgIpc) is 3.03. The van der Waals surface area contributed by atoms with Crippen molar-refractivity contribution in [3.63, 3.8) is 0 Å². The molecule has 7 nitrogen and oxygen atoms in total. The monoisotopic (exact) mass is 403 g/mol. The summed E-state index contributed by atoms with van der Waals surface area (Å²) in [5, 5.41) is 5.48. The fraction of sp³-hybridized carbons (Fsp3) is 0.591. The number of ether oxygens (including phenoxy) is 1. The lowest BCUT2D eigenvalue weighted by Gasteiger charge is -2.32. The number of nitrogens with one attached hydrogen (secondary N) is 2. The maximum absolute atomic E-state index is 13.1. The lowest BCUT2D eigenvalue weighted by molar-refractivity contribution is -0.140. The maximum atomic E-state index is 13.1. The van der Waals surface area contributed by atoms with Crippen molar-refractivity contribution in [2.45, 2.75) is 77.6 Å². The van der Waals surface area contributed by atoms with Crippen molar-refractivity contribution in [3.8, 4) is 0 Å². The largest absolute Gasteiger partial charge is 0.444 e. The Morgan fingerprint density at radius 3 is 2.21 bits per heavy atom. The second-order valence-corrected chi connectivity index (χ2v) is 9.42. The van der Waals surface area contributed by atoms with E-state index in [-0.39, 0.29) is 24.4 Å². The Balaban J connectivity index is 2.17. The Labute approximate surface area is 173 Å². The van der Waals surface area contributed by atoms with Crippen LogP contribution in [0.15, 0.2) is 30.3 Å². The molecule has 0 bridgehead atoms. The van der Waals surface area contributed by atoms with E-state index in [1.807, 2.05) is 51.1 Å². The number of hydrogen-bond donors (Lipinski definition) is 2. The van der Waals surface area contributed by atoms with Gasteiger partial charge in [0, 0.05) is 5.54 Å². The van der Waals surface area contributed by atoms with Gasteiger partial charge in [0.25, 0.3) is 0 Å². The summed E-state index contributed by atoms with van der Waals surface area (Å²) < 4.78 is 5.20. The van der Waals surface area contributed by atoms with Crippen molar-refractivity contribution in [1.82, 2.24) is 15.5 Å². The highest BCUT2D eigenvalue weighted by molar-refractivity contribution is 5.90. The standard InChI is InChI=1S/C22H33N3O4/c1-21(2,3)24-19(27)17-13-12-16(15-10-8-7-9-11-15)25(17)18(26)14-23-20(28)29-22(4,5)6/h7-11,16-17H,12-14H2,1-6H3,(H,23,28)(H,24,27)/t16?,17-/m0/s1. The van der Waals surface area contributed by atoms with Crippen LogP contribution in [0.1, 0.15) is 66.0 Å². The van der Waals surface area contributed by atoms with Crippen LogP contribution in [-0.4, -0.2) is 46.5 Å². The molecule has 1 fully saturated rings. The molecule has 0 radical (unpaired) electrons. The van der Waals surface area contributed by atoms with Gasteiger partial charge in [-0.15, -0.1) is 0 Å². The molecular weight excluding hydrogens is 370 g/mol. The average molecular weight is 404 g/mol. The molecule has 7 heteroatoms. The highest BCUT2D eigenvalue weighted by Gasteiger charge is 2.42. The summed E-state index contributed by atoms with van der Waals surface area (Å²) >= 11 is 0. The number of carbonyl (C=O) groups is 3. The van der Waals surface area contributed by atoms with Crippen LogP contribution in [0.3, 0.4) is 0 Å². The van der Waals surface area contributed by atoms with Crippen molar-refractivity contribution < 1.29 is 19.1 Å². The minimum atomic E-state index is -0.656. The van der Waals surface area contributed by atoms with E-state index >= 15 is 0 Å². The zero-order chi connectivity index (χ0) is 21.8. The number of benzene rings is 1. The van der Waals surface area contributed by atoms with Crippen LogP contribution in [0.2, 0.25) is 0 Å². The predicted molar refractivity (Wildman–Crippen MR) is 111 cm³/mol. The summed E-state index contributed by atoms with van der Waals surface area (Å²) in [4.78, 5) is 39.5. The van der Waals surface area contributed by atoms with E-state index < -0.39 is 23.3 Å². The molecule has 1 heterocycles. The van der Waals surface area contributed by atoms with Gasteiger partial charge in [-0.25, -0.2) is 4.79 Å². The molecule has 1 aromatic rings. The number of alkyl carbamates (subject to hydrolysis) is 1. The molecule has 0 spiro atoms. The number of amides is 3. The van der Waals surface area contributed by atoms with Crippen LogP contribution in [0, 0.1) is 0 Å². The molecule has 2 rings (SSSR count). The van der Waals surface area contributed by atoms with Gasteiger partial charge in [-0.3, -0.25) is 9.59 Å². The summed E-state index contributed by atoms with van der Waals surface area (Å²) in [6, 6.07) is 8.87. The number of hydrogen-bond acceptors (Lipinski definition) is 4. The summed E-state index contributed by atoms with van der Waals surface area (Å²) in [7, 11) is 0. The zero-order valence-electron chi connectivity index (χ0n) is 18.2. The Bertz CT molecular complexity index is 735. The zero-order valence-corrected chi connectivity index (χ0v) is 18.2. The van der Waals surface area contributed by atoms with Crippen molar-refractivity contribution in [3.05, 3.63) is 35.9 Å². The normalized spacial score (nSPS) is 19.6. The van der Waals surface area contributed by atoms with Crippen molar-refractivity contribution in [2.75, 3.05) is 6.54 Å². The van der Waals surface area contributed by atoms with E-state index in [1.165, 1.54) is 0 Å². The number of likely N-dealkylation sites (tertiary alicyclic amines) is 1. The van der Waals surface area contributed by atoms with Crippen LogP contribution >= 0.6 is 0 Å². The predicted octanol–water partition coefficient (Wildman–Crippen LogP) is 3.16. The first-order valence-corrected chi connectivity index (χ1v) is 10.0. The van der Waals surface area contributed by atoms with Gasteiger partial charge in [-0.2, -0.15) is 0 Å². The van der Waals surface area contributed by atoms with Gasteiger partial charge in [0.1, 0.15) is 18.2 Å². The quantitative estimate of drug-likeness (QED) is 0.808. The smallest absolute Gasteiger partial charge is 0.408 e. The number of carbonyl (C=O) groups excluding carboxylic acids is 3. The van der Waals surface area contributed by atoms with Gasteiger partial charge in [-0.1, -0.05) is 30.3 Å². The topological polar surface area (TPSA) is 87.7 Å². The number of nitrogens with zero attached hydrogens (tertiary/aromatic N) is 1. The molecule has 2 N–H and O–H groups in total. The van der Waals surface area contributed by atoms with Crippen molar-refractivity contribution in [1.29, 1.82) is 0 Å². The minimum Gasteiger partial charge on any atom is -0.444 e. The van der Waals surface area contributed by atoms with Crippen LogP contribution < -0.4 is 10.6 Å². The Morgan fingerprint density at radius 2 is 1.66 bits per heavy atom. The van der Waals surface area contributed by atoms with Gasteiger partial charge >= 0.3 is 6.09 Å². The Morgan fingerprint density at radius 1 is 1.03 bits per heavy atom. The molecule has 29 heavy (non-hydrogen) atoms. The highest BCUT2D eigenvalue weighted by atomic mass is 16.6. The Hall–Kier alpha value is -2.57.